The molecule has 0 aliphatic carbocycles. The van der Waals surface area contributed by atoms with Crippen LogP contribution in [0.2, 0.25) is 0 Å². The van der Waals surface area contributed by atoms with Crippen molar-refractivity contribution in [1.82, 2.24) is 15.5 Å². The summed E-state index contributed by atoms with van der Waals surface area (Å²) < 4.78 is 5.16. The Morgan fingerprint density at radius 3 is 2.71 bits per heavy atom. The van der Waals surface area contributed by atoms with Crippen molar-refractivity contribution < 1.29 is 14.3 Å². The Labute approximate surface area is 177 Å². The number of benzene rings is 1. The third-order valence-electron chi connectivity index (χ3n) is 5.24. The third-order valence-corrected chi connectivity index (χ3v) is 6.23. The summed E-state index contributed by atoms with van der Waals surface area (Å²) in [5.74, 6) is 1.88. The lowest BCUT2D eigenvalue weighted by molar-refractivity contribution is -0.130. The van der Waals surface area contributed by atoms with Gasteiger partial charge in [-0.05, 0) is 62.4 Å². The highest BCUT2D eigenvalue weighted by atomic mass is 35.5. The minimum atomic E-state index is -0.0350. The zero-order chi connectivity index (χ0) is 19.1. The number of nitrogens with one attached hydrogen (secondary N) is 2. The van der Waals surface area contributed by atoms with Crippen molar-refractivity contribution in [2.75, 3.05) is 39.0 Å². The molecule has 0 saturated carbocycles. The Morgan fingerprint density at radius 2 is 2.04 bits per heavy atom. The van der Waals surface area contributed by atoms with Gasteiger partial charge in [0, 0.05) is 24.5 Å². The van der Waals surface area contributed by atoms with Crippen LogP contribution in [-0.4, -0.2) is 61.8 Å². The fraction of sp³-hybridized carbons (Fsp3) is 0.600. The van der Waals surface area contributed by atoms with E-state index in [1.54, 1.807) is 18.9 Å². The average Bonchev–Trinajstić information content (AvgIpc) is 3.26. The van der Waals surface area contributed by atoms with Crippen molar-refractivity contribution in [1.29, 1.82) is 0 Å². The van der Waals surface area contributed by atoms with Crippen LogP contribution in [0.25, 0.3) is 0 Å². The zero-order valence-electron chi connectivity index (χ0n) is 16.3. The molecule has 1 aromatic carbocycles. The van der Waals surface area contributed by atoms with Gasteiger partial charge in [-0.1, -0.05) is 0 Å². The van der Waals surface area contributed by atoms with Gasteiger partial charge in [0.05, 0.1) is 18.9 Å². The van der Waals surface area contributed by atoms with Crippen LogP contribution in [0.1, 0.15) is 25.7 Å². The first-order chi connectivity index (χ1) is 13.2. The van der Waals surface area contributed by atoms with Crippen molar-refractivity contribution in [3.63, 3.8) is 0 Å². The quantitative estimate of drug-likeness (QED) is 0.653. The number of carbonyl (C=O) groups excluding carboxylic acids is 2. The zero-order valence-corrected chi connectivity index (χ0v) is 17.9. The number of nitrogens with zero attached hydrogens (tertiary/aromatic N) is 1. The Bertz CT molecular complexity index is 638. The molecule has 0 radical (unpaired) electrons. The molecular formula is C20H30ClN3O3S. The second-order valence-corrected chi connectivity index (χ2v) is 8.26. The van der Waals surface area contributed by atoms with Crippen LogP contribution in [0, 0.1) is 5.92 Å². The molecule has 2 N–H and O–H groups in total. The minimum Gasteiger partial charge on any atom is -0.497 e. The van der Waals surface area contributed by atoms with Crippen molar-refractivity contribution >= 4 is 36.0 Å². The lowest BCUT2D eigenvalue weighted by atomic mass is 9.98. The number of piperidine rings is 1. The molecule has 2 saturated heterocycles. The van der Waals surface area contributed by atoms with Gasteiger partial charge in [0.2, 0.25) is 11.8 Å². The number of likely N-dealkylation sites (tertiary alicyclic amines) is 1. The summed E-state index contributed by atoms with van der Waals surface area (Å²) in [5, 5.41) is 6.29. The average molecular weight is 428 g/mol. The second kappa shape index (κ2) is 11.5. The molecule has 0 spiro atoms. The van der Waals surface area contributed by atoms with Crippen molar-refractivity contribution in [3.8, 4) is 5.75 Å². The maximum atomic E-state index is 12.6. The van der Waals surface area contributed by atoms with E-state index in [2.05, 4.69) is 10.6 Å². The smallest absolute Gasteiger partial charge is 0.237 e. The Morgan fingerprint density at radius 1 is 1.25 bits per heavy atom. The van der Waals surface area contributed by atoms with Gasteiger partial charge in [-0.2, -0.15) is 0 Å². The van der Waals surface area contributed by atoms with Gasteiger partial charge in [0.25, 0.3) is 0 Å². The van der Waals surface area contributed by atoms with E-state index in [1.165, 1.54) is 0 Å². The predicted octanol–water partition coefficient (Wildman–Crippen LogP) is 2.32. The molecule has 3 rings (SSSR count). The fourth-order valence-electron chi connectivity index (χ4n) is 3.64. The van der Waals surface area contributed by atoms with Gasteiger partial charge in [-0.3, -0.25) is 9.59 Å². The molecule has 0 aromatic heterocycles. The normalized spacial score (nSPS) is 21.7. The minimum absolute atomic E-state index is 0. The number of ether oxygens (including phenoxy) is 1. The van der Waals surface area contributed by atoms with Crippen LogP contribution in [0.4, 0.5) is 0 Å². The summed E-state index contributed by atoms with van der Waals surface area (Å²) in [7, 11) is 1.64. The van der Waals surface area contributed by atoms with Gasteiger partial charge in [-0.15, -0.1) is 24.2 Å². The number of hydrogen-bond acceptors (Lipinski definition) is 5. The molecule has 2 atom stereocenters. The van der Waals surface area contributed by atoms with E-state index < -0.39 is 0 Å². The van der Waals surface area contributed by atoms with Crippen LogP contribution in [-0.2, 0) is 9.59 Å². The van der Waals surface area contributed by atoms with Gasteiger partial charge in [0.15, 0.2) is 0 Å². The summed E-state index contributed by atoms with van der Waals surface area (Å²) in [6, 6.07) is 7.73. The molecule has 2 aliphatic rings. The highest BCUT2D eigenvalue weighted by molar-refractivity contribution is 8.00. The van der Waals surface area contributed by atoms with Gasteiger partial charge in [-0.25, -0.2) is 0 Å². The van der Waals surface area contributed by atoms with E-state index in [9.17, 15) is 9.59 Å². The van der Waals surface area contributed by atoms with Crippen LogP contribution >= 0.6 is 24.2 Å². The van der Waals surface area contributed by atoms with Crippen LogP contribution < -0.4 is 15.4 Å². The van der Waals surface area contributed by atoms with Crippen molar-refractivity contribution in [3.05, 3.63) is 24.3 Å². The highest BCUT2D eigenvalue weighted by Crippen LogP contribution is 2.23. The Hall–Kier alpha value is -1.44. The molecule has 2 unspecified atom stereocenters. The van der Waals surface area contributed by atoms with Gasteiger partial charge < -0.3 is 20.3 Å². The Balaban J connectivity index is 0.00000280. The SMILES string of the molecule is COc1ccc(SCC(=O)N2CCCC(CNC(=O)C3CCCN3)C2)cc1.Cl. The summed E-state index contributed by atoms with van der Waals surface area (Å²) >= 11 is 1.55. The molecule has 2 amide bonds. The highest BCUT2D eigenvalue weighted by Gasteiger charge is 2.26. The number of amides is 2. The molecule has 8 heteroatoms. The van der Waals surface area contributed by atoms with Crippen LogP contribution in [0.15, 0.2) is 29.2 Å². The molecule has 28 heavy (non-hydrogen) atoms. The van der Waals surface area contributed by atoms with Gasteiger partial charge >= 0.3 is 0 Å². The standard InChI is InChI=1S/C20H29N3O3S.ClH/c1-26-16-6-8-17(9-7-16)27-14-19(24)23-11-3-4-15(13-23)12-22-20(25)18-5-2-10-21-18;/h6-9,15,18,21H,2-5,10-14H2,1H3,(H,22,25);1H. The number of thioether (sulfide) groups is 1. The van der Waals surface area contributed by atoms with E-state index in [4.69, 9.17) is 4.74 Å². The summed E-state index contributed by atoms with van der Waals surface area (Å²) in [5.41, 5.74) is 0. The molecule has 0 bridgehead atoms. The van der Waals surface area contributed by atoms with Crippen molar-refractivity contribution in [2.45, 2.75) is 36.6 Å². The predicted molar refractivity (Wildman–Crippen MR) is 114 cm³/mol. The molecule has 2 fully saturated rings. The summed E-state index contributed by atoms with van der Waals surface area (Å²) in [4.78, 5) is 27.7. The first-order valence-electron chi connectivity index (χ1n) is 9.71. The molecule has 2 aliphatic heterocycles. The second-order valence-electron chi connectivity index (χ2n) is 7.21. The van der Waals surface area contributed by atoms with E-state index in [0.29, 0.717) is 18.2 Å². The third kappa shape index (κ3) is 6.57. The molecule has 2 heterocycles. The molecule has 1 aromatic rings. The first-order valence-corrected chi connectivity index (χ1v) is 10.7. The fourth-order valence-corrected chi connectivity index (χ4v) is 4.44. The number of carbonyl (C=O) groups is 2. The topological polar surface area (TPSA) is 70.7 Å². The van der Waals surface area contributed by atoms with E-state index in [1.807, 2.05) is 29.2 Å². The number of halogens is 1. The van der Waals surface area contributed by atoms with Crippen molar-refractivity contribution in [2.24, 2.45) is 5.92 Å². The number of hydrogen-bond donors (Lipinski definition) is 2. The molecule has 156 valence electrons. The van der Waals surface area contributed by atoms with Crippen LogP contribution in [0.5, 0.6) is 5.75 Å². The molecular weight excluding hydrogens is 398 g/mol. The molecule has 6 nitrogen and oxygen atoms in total. The summed E-state index contributed by atoms with van der Waals surface area (Å²) in [6.45, 7) is 3.14. The largest absolute Gasteiger partial charge is 0.497 e. The Kier molecular flexibility index (Phi) is 9.41. The van der Waals surface area contributed by atoms with E-state index in [-0.39, 0.29) is 30.3 Å². The monoisotopic (exact) mass is 427 g/mol. The van der Waals surface area contributed by atoms with Gasteiger partial charge in [0.1, 0.15) is 5.75 Å². The van der Waals surface area contributed by atoms with Crippen LogP contribution in [0.3, 0.4) is 0 Å². The van der Waals surface area contributed by atoms with E-state index in [0.717, 1.165) is 56.0 Å². The summed E-state index contributed by atoms with van der Waals surface area (Å²) in [6.07, 6.45) is 4.05. The maximum Gasteiger partial charge on any atom is 0.237 e. The first kappa shape index (κ1) is 22.8. The lowest BCUT2D eigenvalue weighted by Crippen LogP contribution is -2.47. The number of methoxy groups -OCH3 is 1. The van der Waals surface area contributed by atoms with E-state index >= 15 is 0 Å². The number of rotatable bonds is 7. The maximum absolute atomic E-state index is 12.6. The lowest BCUT2D eigenvalue weighted by Gasteiger charge is -2.33.